The summed E-state index contributed by atoms with van der Waals surface area (Å²) in [6.07, 6.45) is 8.07. The summed E-state index contributed by atoms with van der Waals surface area (Å²) in [6.45, 7) is 0. The molecule has 118 valence electrons. The van der Waals surface area contributed by atoms with E-state index in [2.05, 4.69) is 0 Å². The third-order valence-electron chi connectivity index (χ3n) is 4.47. The van der Waals surface area contributed by atoms with E-state index in [0.717, 1.165) is 17.9 Å². The van der Waals surface area contributed by atoms with Crippen molar-refractivity contribution in [1.82, 2.24) is 0 Å². The summed E-state index contributed by atoms with van der Waals surface area (Å²) in [6, 6.07) is -0.175. The summed E-state index contributed by atoms with van der Waals surface area (Å²) in [5.41, 5.74) is 6.15. The lowest BCUT2D eigenvalue weighted by molar-refractivity contribution is 0.0644. The maximum Gasteiger partial charge on any atom is 0.0775 e. The van der Waals surface area contributed by atoms with Gasteiger partial charge in [-0.25, -0.2) is 0 Å². The van der Waals surface area contributed by atoms with Crippen LogP contribution in [-0.4, -0.2) is 44.6 Å². The third kappa shape index (κ3) is 5.41. The van der Waals surface area contributed by atoms with Gasteiger partial charge in [-0.05, 0) is 30.3 Å². The van der Waals surface area contributed by atoms with Gasteiger partial charge in [0.1, 0.15) is 0 Å². The predicted octanol–water partition coefficient (Wildman–Crippen LogP) is 2.59. The van der Waals surface area contributed by atoms with E-state index in [0.29, 0.717) is 12.3 Å². The lowest BCUT2D eigenvalue weighted by Gasteiger charge is -2.30. The van der Waals surface area contributed by atoms with Crippen molar-refractivity contribution >= 4 is 23.5 Å². The first-order valence-electron chi connectivity index (χ1n) is 8.01. The maximum absolute atomic E-state index is 10.2. The molecule has 0 radical (unpaired) electrons. The van der Waals surface area contributed by atoms with Crippen molar-refractivity contribution in [1.29, 1.82) is 0 Å². The second kappa shape index (κ2) is 8.89. The number of aliphatic hydroxyl groups is 2. The first kappa shape index (κ1) is 16.9. The van der Waals surface area contributed by atoms with Crippen LogP contribution in [-0.2, 0) is 0 Å². The molecule has 1 saturated heterocycles. The highest BCUT2D eigenvalue weighted by atomic mass is 32.2. The molecule has 20 heavy (non-hydrogen) atoms. The van der Waals surface area contributed by atoms with Gasteiger partial charge in [-0.2, -0.15) is 0 Å². The Morgan fingerprint density at radius 2 is 1.65 bits per heavy atom. The second-order valence-electron chi connectivity index (χ2n) is 6.24. The summed E-state index contributed by atoms with van der Waals surface area (Å²) < 4.78 is 0.222. The van der Waals surface area contributed by atoms with E-state index in [1.807, 2.05) is 23.5 Å². The Hall–Kier alpha value is 0.580. The molecule has 1 aliphatic heterocycles. The fraction of sp³-hybridized carbons (Fsp3) is 1.00. The molecule has 0 unspecified atom stereocenters. The zero-order chi connectivity index (χ0) is 14.4. The molecule has 1 heterocycles. The zero-order valence-corrected chi connectivity index (χ0v) is 13.9. The van der Waals surface area contributed by atoms with Gasteiger partial charge in [0.15, 0.2) is 0 Å². The second-order valence-corrected chi connectivity index (χ2v) is 9.03. The summed E-state index contributed by atoms with van der Waals surface area (Å²) in [5.74, 6) is 2.93. The average Bonchev–Trinajstić information content (AvgIpc) is 2.49. The molecule has 2 aliphatic rings. The van der Waals surface area contributed by atoms with Crippen LogP contribution in [0.2, 0.25) is 0 Å². The normalized spacial score (nSPS) is 27.1. The smallest absolute Gasteiger partial charge is 0.0775 e. The molecule has 0 spiro atoms. The summed E-state index contributed by atoms with van der Waals surface area (Å²) in [7, 11) is 0. The standard InChI is InChI=1S/C15H29NO2S2/c16-12(9-11-5-2-1-3-6-11)13(17)10-14(18)15-19-7-4-8-20-15/h11-15,17-18H,1-10,16H2/t12-,13-,14-/m0/s1. The van der Waals surface area contributed by atoms with E-state index < -0.39 is 12.2 Å². The van der Waals surface area contributed by atoms with E-state index in [1.165, 1.54) is 38.5 Å². The largest absolute Gasteiger partial charge is 0.391 e. The minimum Gasteiger partial charge on any atom is -0.391 e. The highest BCUT2D eigenvalue weighted by Crippen LogP contribution is 2.35. The summed E-state index contributed by atoms with van der Waals surface area (Å²) >= 11 is 3.64. The monoisotopic (exact) mass is 319 g/mol. The molecule has 5 heteroatoms. The van der Waals surface area contributed by atoms with E-state index in [4.69, 9.17) is 5.73 Å². The number of aliphatic hydroxyl groups excluding tert-OH is 2. The molecule has 1 aliphatic carbocycles. The number of thioether (sulfide) groups is 2. The van der Waals surface area contributed by atoms with Crippen molar-refractivity contribution in [2.45, 2.75) is 74.2 Å². The number of hydrogen-bond donors (Lipinski definition) is 3. The number of rotatable bonds is 6. The molecule has 3 nitrogen and oxygen atoms in total. The minimum atomic E-state index is -0.560. The first-order chi connectivity index (χ1) is 9.66. The van der Waals surface area contributed by atoms with Crippen LogP contribution in [0, 0.1) is 5.92 Å². The first-order valence-corrected chi connectivity index (χ1v) is 10.1. The zero-order valence-electron chi connectivity index (χ0n) is 12.2. The van der Waals surface area contributed by atoms with Crippen LogP contribution in [0.3, 0.4) is 0 Å². The molecule has 0 bridgehead atoms. The fourth-order valence-electron chi connectivity index (χ4n) is 3.23. The van der Waals surface area contributed by atoms with Crippen molar-refractivity contribution in [3.63, 3.8) is 0 Å². The van der Waals surface area contributed by atoms with E-state index in [1.54, 1.807) is 0 Å². The van der Waals surface area contributed by atoms with Gasteiger partial charge >= 0.3 is 0 Å². The topological polar surface area (TPSA) is 66.5 Å². The van der Waals surface area contributed by atoms with Crippen molar-refractivity contribution in [2.75, 3.05) is 11.5 Å². The lowest BCUT2D eigenvalue weighted by Crippen LogP contribution is -2.40. The SMILES string of the molecule is N[C@@H](CC1CCCCC1)[C@@H](O)C[C@H](O)C1SCCCS1. The van der Waals surface area contributed by atoms with Gasteiger partial charge in [-0.15, -0.1) is 23.5 Å². The Bertz CT molecular complexity index is 269. The van der Waals surface area contributed by atoms with Crippen LogP contribution >= 0.6 is 23.5 Å². The van der Waals surface area contributed by atoms with Gasteiger partial charge in [-0.3, -0.25) is 0 Å². The van der Waals surface area contributed by atoms with Crippen LogP contribution in [0.4, 0.5) is 0 Å². The molecular formula is C15H29NO2S2. The fourth-order valence-corrected chi connectivity index (χ4v) is 6.12. The molecule has 2 rings (SSSR count). The van der Waals surface area contributed by atoms with E-state index in [9.17, 15) is 10.2 Å². The van der Waals surface area contributed by atoms with Crippen molar-refractivity contribution < 1.29 is 10.2 Å². The van der Waals surface area contributed by atoms with E-state index in [-0.39, 0.29) is 10.6 Å². The van der Waals surface area contributed by atoms with Crippen molar-refractivity contribution in [2.24, 2.45) is 11.7 Å². The van der Waals surface area contributed by atoms with Gasteiger partial charge < -0.3 is 15.9 Å². The molecule has 0 aromatic heterocycles. The van der Waals surface area contributed by atoms with Gasteiger partial charge in [0.05, 0.1) is 16.8 Å². The Morgan fingerprint density at radius 3 is 2.30 bits per heavy atom. The minimum absolute atomic E-state index is 0.175. The lowest BCUT2D eigenvalue weighted by atomic mass is 9.83. The van der Waals surface area contributed by atoms with Crippen molar-refractivity contribution in [3.05, 3.63) is 0 Å². The highest BCUT2D eigenvalue weighted by Gasteiger charge is 2.28. The Labute approximate surface area is 131 Å². The average molecular weight is 320 g/mol. The van der Waals surface area contributed by atoms with Gasteiger partial charge in [0.2, 0.25) is 0 Å². The van der Waals surface area contributed by atoms with Crippen LogP contribution in [0.25, 0.3) is 0 Å². The van der Waals surface area contributed by atoms with Gasteiger partial charge in [0.25, 0.3) is 0 Å². The highest BCUT2D eigenvalue weighted by molar-refractivity contribution is 8.17. The van der Waals surface area contributed by atoms with Gasteiger partial charge in [-0.1, -0.05) is 32.1 Å². The quantitative estimate of drug-likeness (QED) is 0.702. The Balaban J connectivity index is 1.70. The molecule has 4 N–H and O–H groups in total. The maximum atomic E-state index is 10.2. The summed E-state index contributed by atoms with van der Waals surface area (Å²) in [5, 5.41) is 20.5. The number of nitrogens with two attached hydrogens (primary N) is 1. The van der Waals surface area contributed by atoms with Gasteiger partial charge in [0, 0.05) is 12.5 Å². The molecule has 0 amide bonds. The van der Waals surface area contributed by atoms with Crippen LogP contribution in [0.5, 0.6) is 0 Å². The van der Waals surface area contributed by atoms with Crippen LogP contribution < -0.4 is 5.73 Å². The summed E-state index contributed by atoms with van der Waals surface area (Å²) in [4.78, 5) is 0. The molecule has 0 aromatic carbocycles. The Kier molecular flexibility index (Phi) is 7.53. The predicted molar refractivity (Wildman–Crippen MR) is 89.1 cm³/mol. The molecule has 3 atom stereocenters. The van der Waals surface area contributed by atoms with Crippen molar-refractivity contribution in [3.8, 4) is 0 Å². The molecule has 0 aromatic rings. The Morgan fingerprint density at radius 1 is 1.00 bits per heavy atom. The molecule has 2 fully saturated rings. The molecule has 1 saturated carbocycles. The van der Waals surface area contributed by atoms with E-state index >= 15 is 0 Å². The number of hydrogen-bond acceptors (Lipinski definition) is 5. The van der Waals surface area contributed by atoms with Crippen LogP contribution in [0.1, 0.15) is 51.4 Å². The molecular weight excluding hydrogens is 290 g/mol. The third-order valence-corrected chi connectivity index (χ3v) is 7.63. The van der Waals surface area contributed by atoms with Crippen LogP contribution in [0.15, 0.2) is 0 Å².